The summed E-state index contributed by atoms with van der Waals surface area (Å²) in [5.74, 6) is -0.661. The molecule has 1 aromatic rings. The Labute approximate surface area is 90.4 Å². The normalized spacial score (nSPS) is 11.6. The fourth-order valence-electron chi connectivity index (χ4n) is 1.28. The Kier molecular flexibility index (Phi) is 3.56. The third-order valence-electron chi connectivity index (χ3n) is 2.10. The average Bonchev–Trinajstić information content (AvgIpc) is 2.58. The van der Waals surface area contributed by atoms with Gasteiger partial charge in [0.2, 0.25) is 0 Å². The smallest absolute Gasteiger partial charge is 0.330 e. The number of aromatic nitrogens is 2. The number of alkyl halides is 3. The molecule has 0 aliphatic heterocycles. The number of hydrogen-bond acceptors (Lipinski definition) is 2. The maximum absolute atomic E-state index is 12.2. The summed E-state index contributed by atoms with van der Waals surface area (Å²) in [4.78, 5) is 12.4. The van der Waals surface area contributed by atoms with Crippen molar-refractivity contribution in [3.05, 3.63) is 17.5 Å². The fourth-order valence-corrected chi connectivity index (χ4v) is 1.28. The summed E-state index contributed by atoms with van der Waals surface area (Å²) in [6, 6.07) is 0. The van der Waals surface area contributed by atoms with Crippen LogP contribution in [0.5, 0.6) is 0 Å². The van der Waals surface area contributed by atoms with Gasteiger partial charge >= 0.3 is 6.18 Å². The van der Waals surface area contributed by atoms with E-state index < -0.39 is 18.6 Å². The lowest BCUT2D eigenvalue weighted by molar-refractivity contribution is -0.140. The van der Waals surface area contributed by atoms with Crippen LogP contribution in [0.2, 0.25) is 0 Å². The van der Waals surface area contributed by atoms with Gasteiger partial charge in [-0.2, -0.15) is 18.3 Å². The molecule has 90 valence electrons. The molecule has 1 heterocycles. The van der Waals surface area contributed by atoms with Crippen LogP contribution >= 0.6 is 0 Å². The van der Waals surface area contributed by atoms with Gasteiger partial charge in [0.25, 0.3) is 5.91 Å². The van der Waals surface area contributed by atoms with E-state index in [1.165, 1.54) is 13.1 Å². The molecular weight excluding hydrogens is 223 g/mol. The zero-order valence-electron chi connectivity index (χ0n) is 8.93. The van der Waals surface area contributed by atoms with Crippen LogP contribution in [0, 0.1) is 6.92 Å². The van der Waals surface area contributed by atoms with E-state index in [1.807, 2.05) is 0 Å². The van der Waals surface area contributed by atoms with Crippen molar-refractivity contribution in [1.82, 2.24) is 15.1 Å². The van der Waals surface area contributed by atoms with Crippen molar-refractivity contribution in [1.29, 1.82) is 0 Å². The molecule has 7 heteroatoms. The summed E-state index contributed by atoms with van der Waals surface area (Å²) in [5, 5.41) is 6.11. The third kappa shape index (κ3) is 2.98. The number of hydrogen-bond donors (Lipinski definition) is 1. The van der Waals surface area contributed by atoms with Crippen molar-refractivity contribution in [3.8, 4) is 0 Å². The summed E-state index contributed by atoms with van der Waals surface area (Å²) in [6.45, 7) is 1.84. The van der Waals surface area contributed by atoms with E-state index in [0.717, 1.165) is 4.90 Å². The Hall–Kier alpha value is -1.53. The third-order valence-corrected chi connectivity index (χ3v) is 2.10. The van der Waals surface area contributed by atoms with Crippen molar-refractivity contribution in [3.63, 3.8) is 0 Å². The molecule has 0 bridgehead atoms. The van der Waals surface area contributed by atoms with Crippen molar-refractivity contribution in [2.24, 2.45) is 0 Å². The van der Waals surface area contributed by atoms with Crippen LogP contribution in [0.3, 0.4) is 0 Å². The number of rotatable bonds is 3. The molecule has 0 fully saturated rings. The zero-order chi connectivity index (χ0) is 12.3. The number of carbonyl (C=O) groups is 1. The predicted octanol–water partition coefficient (Wildman–Crippen LogP) is 1.74. The second kappa shape index (κ2) is 4.54. The molecule has 0 atom stereocenters. The molecule has 0 saturated carbocycles. The van der Waals surface area contributed by atoms with Gasteiger partial charge in [0.15, 0.2) is 0 Å². The molecule has 0 radical (unpaired) electrons. The largest absolute Gasteiger partial charge is 0.406 e. The van der Waals surface area contributed by atoms with Gasteiger partial charge < -0.3 is 4.90 Å². The molecule has 0 spiro atoms. The minimum absolute atomic E-state index is 0.00294. The molecule has 0 aromatic carbocycles. The molecule has 0 aliphatic rings. The van der Waals surface area contributed by atoms with Gasteiger partial charge in [-0.15, -0.1) is 0 Å². The van der Waals surface area contributed by atoms with E-state index in [9.17, 15) is 18.0 Å². The number of nitrogens with zero attached hydrogens (tertiary/aromatic N) is 2. The summed E-state index contributed by atoms with van der Waals surface area (Å²) in [7, 11) is 0. The van der Waals surface area contributed by atoms with Crippen LogP contribution in [0.25, 0.3) is 0 Å². The van der Waals surface area contributed by atoms with Gasteiger partial charge in [-0.05, 0) is 13.8 Å². The molecule has 1 rings (SSSR count). The second-order valence-electron chi connectivity index (χ2n) is 3.34. The van der Waals surface area contributed by atoms with Gasteiger partial charge in [0.1, 0.15) is 6.54 Å². The highest BCUT2D eigenvalue weighted by Crippen LogP contribution is 2.18. The maximum atomic E-state index is 12.2. The molecule has 0 aliphatic carbocycles. The van der Waals surface area contributed by atoms with E-state index >= 15 is 0 Å². The number of amides is 1. The van der Waals surface area contributed by atoms with E-state index in [2.05, 4.69) is 10.2 Å². The standard InChI is InChI=1S/C9H12F3N3O/c1-3-15(5-9(10,11)12)8(16)7-4-13-14-6(7)2/h4H,3,5H2,1-2H3,(H,13,14). The first-order valence-electron chi connectivity index (χ1n) is 4.71. The number of aromatic amines is 1. The highest BCUT2D eigenvalue weighted by atomic mass is 19.4. The Morgan fingerprint density at radius 3 is 2.56 bits per heavy atom. The lowest BCUT2D eigenvalue weighted by Gasteiger charge is -2.21. The lowest BCUT2D eigenvalue weighted by Crippen LogP contribution is -2.38. The SMILES string of the molecule is CCN(CC(F)(F)F)C(=O)c1cn[nH]c1C. The zero-order valence-corrected chi connectivity index (χ0v) is 8.93. The number of carbonyl (C=O) groups excluding carboxylic acids is 1. The van der Waals surface area contributed by atoms with Crippen molar-refractivity contribution in [2.75, 3.05) is 13.1 Å². The summed E-state index contributed by atoms with van der Waals surface area (Å²) in [5.41, 5.74) is 0.636. The Morgan fingerprint density at radius 2 is 2.19 bits per heavy atom. The monoisotopic (exact) mass is 235 g/mol. The van der Waals surface area contributed by atoms with Gasteiger partial charge in [-0.1, -0.05) is 0 Å². The number of halogens is 3. The van der Waals surface area contributed by atoms with E-state index in [0.29, 0.717) is 5.69 Å². The molecule has 0 unspecified atom stereocenters. The van der Waals surface area contributed by atoms with E-state index in [1.54, 1.807) is 6.92 Å². The first-order valence-corrected chi connectivity index (χ1v) is 4.71. The van der Waals surface area contributed by atoms with Crippen LogP contribution in [0.4, 0.5) is 13.2 Å². The minimum Gasteiger partial charge on any atom is -0.330 e. The van der Waals surface area contributed by atoms with Crippen LogP contribution < -0.4 is 0 Å². The fraction of sp³-hybridized carbons (Fsp3) is 0.556. The maximum Gasteiger partial charge on any atom is 0.406 e. The van der Waals surface area contributed by atoms with Crippen LogP contribution in [0.1, 0.15) is 23.0 Å². The first-order chi connectivity index (χ1) is 7.35. The van der Waals surface area contributed by atoms with Crippen molar-refractivity contribution < 1.29 is 18.0 Å². The quantitative estimate of drug-likeness (QED) is 0.867. The summed E-state index contributed by atoms with van der Waals surface area (Å²) in [6.07, 6.45) is -3.15. The highest BCUT2D eigenvalue weighted by Gasteiger charge is 2.33. The Morgan fingerprint density at radius 1 is 1.56 bits per heavy atom. The molecule has 0 saturated heterocycles. The van der Waals surface area contributed by atoms with E-state index in [4.69, 9.17) is 0 Å². The van der Waals surface area contributed by atoms with Crippen LogP contribution in [-0.2, 0) is 0 Å². The molecular formula is C9H12F3N3O. The van der Waals surface area contributed by atoms with Crippen LogP contribution in [-0.4, -0.2) is 40.3 Å². The molecule has 4 nitrogen and oxygen atoms in total. The van der Waals surface area contributed by atoms with Crippen molar-refractivity contribution >= 4 is 5.91 Å². The number of aryl methyl sites for hydroxylation is 1. The molecule has 1 N–H and O–H groups in total. The topological polar surface area (TPSA) is 49.0 Å². The molecule has 1 aromatic heterocycles. The van der Waals surface area contributed by atoms with E-state index in [-0.39, 0.29) is 12.1 Å². The average molecular weight is 235 g/mol. The minimum atomic E-state index is -4.39. The predicted molar refractivity (Wildman–Crippen MR) is 51.0 cm³/mol. The molecule has 1 amide bonds. The number of nitrogens with one attached hydrogen (secondary N) is 1. The van der Waals surface area contributed by atoms with Gasteiger partial charge in [0.05, 0.1) is 11.8 Å². The van der Waals surface area contributed by atoms with Gasteiger partial charge in [-0.3, -0.25) is 9.89 Å². The first kappa shape index (κ1) is 12.5. The Bertz CT molecular complexity index is 372. The lowest BCUT2D eigenvalue weighted by atomic mass is 10.2. The van der Waals surface area contributed by atoms with Gasteiger partial charge in [0, 0.05) is 12.2 Å². The van der Waals surface area contributed by atoms with Crippen molar-refractivity contribution in [2.45, 2.75) is 20.0 Å². The Balaban J connectivity index is 2.82. The summed E-state index contributed by atoms with van der Waals surface area (Å²) < 4.78 is 36.5. The second-order valence-corrected chi connectivity index (χ2v) is 3.34. The number of H-pyrrole nitrogens is 1. The molecule has 16 heavy (non-hydrogen) atoms. The highest BCUT2D eigenvalue weighted by molar-refractivity contribution is 5.95. The van der Waals surface area contributed by atoms with Gasteiger partial charge in [-0.25, -0.2) is 0 Å². The summed E-state index contributed by atoms with van der Waals surface area (Å²) >= 11 is 0. The van der Waals surface area contributed by atoms with Crippen LogP contribution in [0.15, 0.2) is 6.20 Å².